The highest BCUT2D eigenvalue weighted by molar-refractivity contribution is 6.16. The summed E-state index contributed by atoms with van der Waals surface area (Å²) < 4.78 is 6.40. The summed E-state index contributed by atoms with van der Waals surface area (Å²) in [6.45, 7) is 0. The van der Waals surface area contributed by atoms with Gasteiger partial charge in [-0.1, -0.05) is 170 Å². The van der Waals surface area contributed by atoms with Crippen molar-refractivity contribution in [3.63, 3.8) is 0 Å². The Kier molecular flexibility index (Phi) is 7.89. The van der Waals surface area contributed by atoms with E-state index in [1.54, 1.807) is 0 Å². The molecule has 11 aromatic carbocycles. The van der Waals surface area contributed by atoms with Gasteiger partial charge in [-0.2, -0.15) is 0 Å². The van der Waals surface area contributed by atoms with E-state index < -0.39 is 0 Å². The lowest BCUT2D eigenvalue weighted by molar-refractivity contribution is 0.669. The van der Waals surface area contributed by atoms with Gasteiger partial charge in [-0.3, -0.25) is 0 Å². The second-order valence-electron chi connectivity index (χ2n) is 15.6. The van der Waals surface area contributed by atoms with E-state index in [1.165, 1.54) is 76.5 Å². The van der Waals surface area contributed by atoms with E-state index in [-0.39, 0.29) is 0 Å². The number of rotatable bonds is 6. The van der Waals surface area contributed by atoms with E-state index in [1.807, 2.05) is 6.07 Å². The molecule has 1 heterocycles. The molecule has 0 aliphatic carbocycles. The maximum atomic E-state index is 6.40. The average Bonchev–Trinajstić information content (AvgIpc) is 3.71. The Morgan fingerprint density at radius 2 is 0.683 bits per heavy atom. The number of hydrogen-bond donors (Lipinski definition) is 0. The molecule has 12 rings (SSSR count). The first-order chi connectivity index (χ1) is 29.7. The molecule has 12 aromatic rings. The lowest BCUT2D eigenvalue weighted by Gasteiger charge is -2.27. The SMILES string of the molecule is c1ccc2c(c1)cc(-c1ccc(-c3ccc(N(c4ccc(-c5cc6ccccc6c6ccccc56)cc4)c4cccc5oc6ccccc6c45)cc3)cc1)c1ccccc12. The molecule has 0 saturated heterocycles. The van der Waals surface area contributed by atoms with Crippen LogP contribution in [0.15, 0.2) is 229 Å². The maximum absolute atomic E-state index is 6.40. The van der Waals surface area contributed by atoms with Crippen LogP contribution in [0.3, 0.4) is 0 Å². The van der Waals surface area contributed by atoms with Gasteiger partial charge in [0.15, 0.2) is 0 Å². The van der Waals surface area contributed by atoms with Gasteiger partial charge in [-0.15, -0.1) is 0 Å². The fraction of sp³-hybridized carbons (Fsp3) is 0. The third-order valence-electron chi connectivity index (χ3n) is 12.2. The molecule has 0 aliphatic heterocycles. The predicted molar refractivity (Wildman–Crippen MR) is 255 cm³/mol. The van der Waals surface area contributed by atoms with Crippen molar-refractivity contribution in [3.8, 4) is 33.4 Å². The van der Waals surface area contributed by atoms with Gasteiger partial charge >= 0.3 is 0 Å². The quantitative estimate of drug-likeness (QED) is 0.157. The minimum Gasteiger partial charge on any atom is -0.456 e. The summed E-state index contributed by atoms with van der Waals surface area (Å²) in [6, 6.07) is 81.2. The van der Waals surface area contributed by atoms with Gasteiger partial charge < -0.3 is 9.32 Å². The van der Waals surface area contributed by atoms with E-state index in [9.17, 15) is 0 Å². The zero-order valence-corrected chi connectivity index (χ0v) is 32.7. The molecule has 0 aliphatic rings. The molecule has 60 heavy (non-hydrogen) atoms. The van der Waals surface area contributed by atoms with Gasteiger partial charge in [0.05, 0.1) is 11.1 Å². The Bertz CT molecular complexity index is 3580. The maximum Gasteiger partial charge on any atom is 0.137 e. The lowest BCUT2D eigenvalue weighted by atomic mass is 9.92. The number of hydrogen-bond acceptors (Lipinski definition) is 2. The minimum absolute atomic E-state index is 0.869. The van der Waals surface area contributed by atoms with Gasteiger partial charge in [-0.25, -0.2) is 0 Å². The van der Waals surface area contributed by atoms with Crippen LogP contribution in [0.25, 0.3) is 98.4 Å². The molecular weight excluding hydrogens is 727 g/mol. The lowest BCUT2D eigenvalue weighted by Crippen LogP contribution is -2.10. The molecule has 280 valence electrons. The molecule has 0 bridgehead atoms. The van der Waals surface area contributed by atoms with Crippen molar-refractivity contribution in [1.29, 1.82) is 0 Å². The van der Waals surface area contributed by atoms with Crippen LogP contribution < -0.4 is 4.90 Å². The fourth-order valence-corrected chi connectivity index (χ4v) is 9.39. The molecule has 0 atom stereocenters. The summed E-state index contributed by atoms with van der Waals surface area (Å²) in [7, 11) is 0. The summed E-state index contributed by atoms with van der Waals surface area (Å²) in [4.78, 5) is 2.37. The Morgan fingerprint density at radius 3 is 1.23 bits per heavy atom. The highest BCUT2D eigenvalue weighted by Gasteiger charge is 2.20. The predicted octanol–water partition coefficient (Wildman–Crippen LogP) is 16.7. The molecule has 0 saturated carbocycles. The Hall–Kier alpha value is -7.94. The first-order valence-corrected chi connectivity index (χ1v) is 20.6. The summed E-state index contributed by atoms with van der Waals surface area (Å²) in [5, 5.41) is 12.3. The zero-order chi connectivity index (χ0) is 39.6. The van der Waals surface area contributed by atoms with Crippen molar-refractivity contribution in [2.24, 2.45) is 0 Å². The van der Waals surface area contributed by atoms with Gasteiger partial charge in [-0.05, 0) is 131 Å². The summed E-state index contributed by atoms with van der Waals surface area (Å²) in [6.07, 6.45) is 0. The van der Waals surface area contributed by atoms with Crippen LogP contribution in [0.5, 0.6) is 0 Å². The van der Waals surface area contributed by atoms with Crippen LogP contribution in [0.2, 0.25) is 0 Å². The van der Waals surface area contributed by atoms with Crippen LogP contribution in [-0.2, 0) is 0 Å². The number of furan rings is 1. The molecular formula is C58H37NO. The van der Waals surface area contributed by atoms with E-state index in [2.05, 4.69) is 223 Å². The van der Waals surface area contributed by atoms with Crippen molar-refractivity contribution < 1.29 is 4.42 Å². The monoisotopic (exact) mass is 763 g/mol. The highest BCUT2D eigenvalue weighted by atomic mass is 16.3. The topological polar surface area (TPSA) is 16.4 Å². The Balaban J connectivity index is 0.949. The van der Waals surface area contributed by atoms with Crippen LogP contribution in [-0.4, -0.2) is 0 Å². The standard InChI is InChI=1S/C58H37NO/c1-3-14-46-42(12-1)36-53(50-18-7-5-16-48(46)50)40-26-24-38(25-27-40)39-28-32-44(33-29-39)59(55-21-11-23-57-58(55)52-20-9-10-22-56(52)60-57)45-34-30-41(31-35-45)54-37-43-13-2-4-15-47(43)49-17-6-8-19-51(49)54/h1-37H. The van der Waals surface area contributed by atoms with E-state index in [0.29, 0.717) is 0 Å². The highest BCUT2D eigenvalue weighted by Crippen LogP contribution is 2.44. The molecule has 0 unspecified atom stereocenters. The number of anilines is 3. The molecule has 0 spiro atoms. The largest absolute Gasteiger partial charge is 0.456 e. The Labute approximate surface area is 347 Å². The second-order valence-corrected chi connectivity index (χ2v) is 15.6. The number of nitrogens with zero attached hydrogens (tertiary/aromatic N) is 1. The van der Waals surface area contributed by atoms with Crippen LogP contribution in [0, 0.1) is 0 Å². The fourth-order valence-electron chi connectivity index (χ4n) is 9.39. The second kappa shape index (κ2) is 13.9. The molecule has 0 radical (unpaired) electrons. The van der Waals surface area contributed by atoms with Crippen molar-refractivity contribution in [2.45, 2.75) is 0 Å². The van der Waals surface area contributed by atoms with Crippen molar-refractivity contribution in [3.05, 3.63) is 224 Å². The summed E-state index contributed by atoms with van der Waals surface area (Å²) >= 11 is 0. The molecule has 0 fully saturated rings. The van der Waals surface area contributed by atoms with E-state index in [4.69, 9.17) is 4.42 Å². The minimum atomic E-state index is 0.869. The molecule has 2 heteroatoms. The smallest absolute Gasteiger partial charge is 0.137 e. The van der Waals surface area contributed by atoms with Crippen molar-refractivity contribution >= 4 is 82.1 Å². The number of benzene rings is 11. The van der Waals surface area contributed by atoms with Gasteiger partial charge in [0.2, 0.25) is 0 Å². The third kappa shape index (κ3) is 5.57. The number of fused-ring (bicyclic) bond motifs is 9. The normalized spacial score (nSPS) is 11.7. The zero-order valence-electron chi connectivity index (χ0n) is 32.7. The average molecular weight is 764 g/mol. The third-order valence-corrected chi connectivity index (χ3v) is 12.2. The number of para-hydroxylation sites is 1. The first-order valence-electron chi connectivity index (χ1n) is 20.6. The van der Waals surface area contributed by atoms with Crippen LogP contribution >= 0.6 is 0 Å². The summed E-state index contributed by atoms with van der Waals surface area (Å²) in [5.74, 6) is 0. The molecule has 0 amide bonds. The van der Waals surface area contributed by atoms with Crippen LogP contribution in [0.1, 0.15) is 0 Å². The van der Waals surface area contributed by atoms with Gasteiger partial charge in [0.25, 0.3) is 0 Å². The van der Waals surface area contributed by atoms with Crippen molar-refractivity contribution in [2.75, 3.05) is 4.90 Å². The van der Waals surface area contributed by atoms with Gasteiger partial charge in [0, 0.05) is 16.8 Å². The van der Waals surface area contributed by atoms with E-state index in [0.717, 1.165) is 39.0 Å². The summed E-state index contributed by atoms with van der Waals surface area (Å²) in [5.41, 5.74) is 12.2. The molecule has 0 N–H and O–H groups in total. The molecule has 1 aromatic heterocycles. The van der Waals surface area contributed by atoms with Crippen molar-refractivity contribution in [1.82, 2.24) is 0 Å². The molecule has 2 nitrogen and oxygen atoms in total. The Morgan fingerprint density at radius 1 is 0.283 bits per heavy atom. The van der Waals surface area contributed by atoms with Crippen LogP contribution in [0.4, 0.5) is 17.1 Å². The van der Waals surface area contributed by atoms with E-state index >= 15 is 0 Å². The first kappa shape index (κ1) is 34.1. The van der Waals surface area contributed by atoms with Gasteiger partial charge in [0.1, 0.15) is 11.2 Å².